The third kappa shape index (κ3) is 3.93. The topological polar surface area (TPSA) is 47.0 Å². The van der Waals surface area contributed by atoms with Gasteiger partial charge in [0.2, 0.25) is 0 Å². The largest absolute Gasteiger partial charge is 0.494 e. The molecule has 0 atom stereocenters. The van der Waals surface area contributed by atoms with Crippen molar-refractivity contribution in [3.05, 3.63) is 63.8 Å². The van der Waals surface area contributed by atoms with Gasteiger partial charge in [0.1, 0.15) is 22.2 Å². The molecular formula is C23H22ClN3OS. The number of rotatable bonds is 5. The van der Waals surface area contributed by atoms with Crippen LogP contribution in [0.4, 0.5) is 11.5 Å². The second-order valence-corrected chi connectivity index (χ2v) is 8.51. The van der Waals surface area contributed by atoms with E-state index < -0.39 is 0 Å². The Hall–Kier alpha value is -2.63. The number of thiophene rings is 1. The SMILES string of the molecule is CCOc1ccc(-c2c(C)sc3nc(C)nc(Nc4cc(Cl)ccc4C)c23)cc1. The number of ether oxygens (including phenoxy) is 1. The molecule has 0 saturated heterocycles. The Morgan fingerprint density at radius 2 is 1.79 bits per heavy atom. The minimum absolute atomic E-state index is 0.653. The second kappa shape index (κ2) is 8.01. The normalized spacial score (nSPS) is 11.1. The molecule has 2 aromatic heterocycles. The lowest BCUT2D eigenvalue weighted by Crippen LogP contribution is -2.00. The third-order valence-electron chi connectivity index (χ3n) is 4.75. The second-order valence-electron chi connectivity index (χ2n) is 6.87. The Morgan fingerprint density at radius 1 is 1.03 bits per heavy atom. The zero-order valence-corrected chi connectivity index (χ0v) is 18.4. The van der Waals surface area contributed by atoms with Crippen LogP contribution in [-0.2, 0) is 0 Å². The molecule has 4 rings (SSSR count). The van der Waals surface area contributed by atoms with Crippen molar-refractivity contribution in [2.24, 2.45) is 0 Å². The number of halogens is 1. The first-order valence-electron chi connectivity index (χ1n) is 9.50. The number of nitrogens with zero attached hydrogens (tertiary/aromatic N) is 2. The predicted molar refractivity (Wildman–Crippen MR) is 123 cm³/mol. The summed E-state index contributed by atoms with van der Waals surface area (Å²) in [5.74, 6) is 2.40. The van der Waals surface area contributed by atoms with Crippen molar-refractivity contribution in [3.63, 3.8) is 0 Å². The summed E-state index contributed by atoms with van der Waals surface area (Å²) in [4.78, 5) is 11.6. The maximum absolute atomic E-state index is 6.22. The molecule has 0 aliphatic heterocycles. The van der Waals surface area contributed by atoms with Gasteiger partial charge in [0.25, 0.3) is 0 Å². The zero-order valence-electron chi connectivity index (χ0n) is 16.8. The van der Waals surface area contributed by atoms with Crippen molar-refractivity contribution in [1.82, 2.24) is 9.97 Å². The van der Waals surface area contributed by atoms with Gasteiger partial charge in [-0.05, 0) is 63.1 Å². The highest BCUT2D eigenvalue weighted by Gasteiger charge is 2.18. The van der Waals surface area contributed by atoms with Crippen LogP contribution in [0.25, 0.3) is 21.3 Å². The van der Waals surface area contributed by atoms with Gasteiger partial charge in [0.15, 0.2) is 0 Å². The predicted octanol–water partition coefficient (Wildman–Crippen LogP) is 7.08. The molecule has 0 aliphatic carbocycles. The summed E-state index contributed by atoms with van der Waals surface area (Å²) in [5.41, 5.74) is 4.32. The van der Waals surface area contributed by atoms with Crippen LogP contribution < -0.4 is 10.1 Å². The first-order valence-corrected chi connectivity index (χ1v) is 10.7. The average molecular weight is 424 g/mol. The molecule has 6 heteroatoms. The van der Waals surface area contributed by atoms with E-state index in [0.717, 1.165) is 50.0 Å². The minimum Gasteiger partial charge on any atom is -0.494 e. The molecule has 0 radical (unpaired) electrons. The Bertz CT molecular complexity index is 1190. The molecule has 0 amide bonds. The molecule has 0 aliphatic rings. The van der Waals surface area contributed by atoms with Crippen LogP contribution in [0, 0.1) is 20.8 Å². The summed E-state index contributed by atoms with van der Waals surface area (Å²) >= 11 is 7.91. The lowest BCUT2D eigenvalue weighted by molar-refractivity contribution is 0.340. The molecule has 4 nitrogen and oxygen atoms in total. The van der Waals surface area contributed by atoms with Gasteiger partial charge in [-0.2, -0.15) is 0 Å². The summed E-state index contributed by atoms with van der Waals surface area (Å²) in [5, 5.41) is 5.22. The van der Waals surface area contributed by atoms with E-state index in [-0.39, 0.29) is 0 Å². The standard InChI is InChI=1S/C23H22ClN3OS/c1-5-28-18-10-7-16(8-11-18)20-14(3)29-23-21(20)22(25-15(4)26-23)27-19-12-17(24)9-6-13(19)2/h6-12H,5H2,1-4H3,(H,25,26,27). The molecule has 0 fully saturated rings. The van der Waals surface area contributed by atoms with Crippen LogP contribution in [0.1, 0.15) is 23.2 Å². The monoisotopic (exact) mass is 423 g/mol. The molecule has 0 bridgehead atoms. The van der Waals surface area contributed by atoms with Gasteiger partial charge in [-0.3, -0.25) is 0 Å². The van der Waals surface area contributed by atoms with Gasteiger partial charge < -0.3 is 10.1 Å². The number of fused-ring (bicyclic) bond motifs is 1. The number of aromatic nitrogens is 2. The number of hydrogen-bond donors (Lipinski definition) is 1. The van der Waals surface area contributed by atoms with Gasteiger partial charge in [-0.15, -0.1) is 11.3 Å². The van der Waals surface area contributed by atoms with Crippen LogP contribution in [0.15, 0.2) is 42.5 Å². The first kappa shape index (κ1) is 19.7. The van der Waals surface area contributed by atoms with E-state index in [1.165, 1.54) is 4.88 Å². The molecule has 4 aromatic rings. The smallest absolute Gasteiger partial charge is 0.143 e. The van der Waals surface area contributed by atoms with E-state index in [1.54, 1.807) is 11.3 Å². The number of benzene rings is 2. The number of aryl methyl sites for hydroxylation is 3. The van der Waals surface area contributed by atoms with Gasteiger partial charge in [-0.1, -0.05) is 29.8 Å². The van der Waals surface area contributed by atoms with E-state index >= 15 is 0 Å². The molecular weight excluding hydrogens is 402 g/mol. The van der Waals surface area contributed by atoms with Crippen molar-refractivity contribution in [1.29, 1.82) is 0 Å². The molecule has 29 heavy (non-hydrogen) atoms. The maximum Gasteiger partial charge on any atom is 0.143 e. The van der Waals surface area contributed by atoms with Crippen molar-refractivity contribution in [2.45, 2.75) is 27.7 Å². The number of nitrogens with one attached hydrogen (secondary N) is 1. The molecule has 2 heterocycles. The Kier molecular flexibility index (Phi) is 5.43. The van der Waals surface area contributed by atoms with Crippen LogP contribution in [0.3, 0.4) is 0 Å². The molecule has 0 unspecified atom stereocenters. The van der Waals surface area contributed by atoms with Crippen LogP contribution in [0.5, 0.6) is 5.75 Å². The van der Waals surface area contributed by atoms with E-state index in [1.807, 2.05) is 44.2 Å². The highest BCUT2D eigenvalue weighted by molar-refractivity contribution is 7.19. The lowest BCUT2D eigenvalue weighted by Gasteiger charge is -2.13. The van der Waals surface area contributed by atoms with Crippen LogP contribution in [0.2, 0.25) is 5.02 Å². The van der Waals surface area contributed by atoms with Crippen molar-refractivity contribution in [2.75, 3.05) is 11.9 Å². The van der Waals surface area contributed by atoms with Crippen LogP contribution in [-0.4, -0.2) is 16.6 Å². The summed E-state index contributed by atoms with van der Waals surface area (Å²) in [6.45, 7) is 8.74. The summed E-state index contributed by atoms with van der Waals surface area (Å²) in [7, 11) is 0. The highest BCUT2D eigenvalue weighted by Crippen LogP contribution is 2.42. The third-order valence-corrected chi connectivity index (χ3v) is 5.98. The van der Waals surface area contributed by atoms with Gasteiger partial charge in [0.05, 0.1) is 12.0 Å². The number of anilines is 2. The van der Waals surface area contributed by atoms with Gasteiger partial charge in [0, 0.05) is 21.2 Å². The quantitative estimate of drug-likeness (QED) is 0.372. The van der Waals surface area contributed by atoms with E-state index in [0.29, 0.717) is 11.6 Å². The fourth-order valence-corrected chi connectivity index (χ4v) is 4.66. The Labute approximate surface area is 179 Å². The fraction of sp³-hybridized carbons (Fsp3) is 0.217. The van der Waals surface area contributed by atoms with Gasteiger partial charge >= 0.3 is 0 Å². The van der Waals surface area contributed by atoms with E-state index in [9.17, 15) is 0 Å². The van der Waals surface area contributed by atoms with Crippen molar-refractivity contribution < 1.29 is 4.74 Å². The summed E-state index contributed by atoms with van der Waals surface area (Å²) < 4.78 is 5.59. The Morgan fingerprint density at radius 3 is 2.52 bits per heavy atom. The number of hydrogen-bond acceptors (Lipinski definition) is 5. The van der Waals surface area contributed by atoms with Gasteiger partial charge in [-0.25, -0.2) is 9.97 Å². The minimum atomic E-state index is 0.653. The highest BCUT2D eigenvalue weighted by atomic mass is 35.5. The maximum atomic E-state index is 6.22. The molecule has 0 spiro atoms. The lowest BCUT2D eigenvalue weighted by atomic mass is 10.0. The average Bonchev–Trinajstić information content (AvgIpc) is 3.01. The molecule has 0 saturated carbocycles. The van der Waals surface area contributed by atoms with Crippen molar-refractivity contribution in [3.8, 4) is 16.9 Å². The summed E-state index contributed by atoms with van der Waals surface area (Å²) in [6.07, 6.45) is 0. The van der Waals surface area contributed by atoms with Crippen molar-refractivity contribution >= 4 is 44.7 Å². The Balaban J connectivity index is 1.88. The van der Waals surface area contributed by atoms with E-state index in [4.69, 9.17) is 21.3 Å². The molecule has 1 N–H and O–H groups in total. The first-order chi connectivity index (χ1) is 14.0. The zero-order chi connectivity index (χ0) is 20.5. The molecule has 2 aromatic carbocycles. The van der Waals surface area contributed by atoms with E-state index in [2.05, 4.69) is 36.3 Å². The summed E-state index contributed by atoms with van der Waals surface area (Å²) in [6, 6.07) is 14.0. The molecule has 148 valence electrons. The van der Waals surface area contributed by atoms with Crippen LogP contribution >= 0.6 is 22.9 Å². The fourth-order valence-electron chi connectivity index (χ4n) is 3.40.